The second-order valence-corrected chi connectivity index (χ2v) is 7.60. The van der Waals surface area contributed by atoms with E-state index in [0.29, 0.717) is 18.8 Å². The van der Waals surface area contributed by atoms with Crippen molar-refractivity contribution >= 4 is 12.1 Å². The van der Waals surface area contributed by atoms with E-state index in [9.17, 15) is 14.7 Å². The minimum Gasteiger partial charge on any atom is -0.479 e. The zero-order chi connectivity index (χ0) is 15.8. The molecule has 0 bridgehead atoms. The van der Waals surface area contributed by atoms with Crippen LogP contribution in [-0.4, -0.2) is 39.3 Å². The van der Waals surface area contributed by atoms with Gasteiger partial charge in [0, 0.05) is 6.04 Å². The Hall–Kier alpha value is -1.26. The molecule has 1 amide bonds. The third-order valence-corrected chi connectivity index (χ3v) is 4.46. The molecule has 0 aliphatic heterocycles. The Morgan fingerprint density at radius 1 is 1.14 bits per heavy atom. The standard InChI is InChI=1S/C16H27NO4/c1-11-7-9-16(10-8-11,13(18)19)17(12-5-6-12)14(20)21-15(2,3)4/h11-12H,5-10H2,1-4H3,(H,18,19). The molecule has 0 heterocycles. The van der Waals surface area contributed by atoms with Gasteiger partial charge in [0.2, 0.25) is 0 Å². The van der Waals surface area contributed by atoms with E-state index < -0.39 is 23.2 Å². The van der Waals surface area contributed by atoms with Crippen molar-refractivity contribution in [1.29, 1.82) is 0 Å². The highest BCUT2D eigenvalue weighted by Crippen LogP contribution is 2.43. The number of amides is 1. The van der Waals surface area contributed by atoms with E-state index in [1.807, 2.05) is 20.8 Å². The quantitative estimate of drug-likeness (QED) is 0.866. The van der Waals surface area contributed by atoms with Gasteiger partial charge in [0.05, 0.1) is 0 Å². The lowest BCUT2D eigenvalue weighted by Crippen LogP contribution is -2.60. The molecule has 120 valence electrons. The third kappa shape index (κ3) is 3.50. The van der Waals surface area contributed by atoms with Crippen LogP contribution >= 0.6 is 0 Å². The van der Waals surface area contributed by atoms with E-state index in [4.69, 9.17) is 4.74 Å². The van der Waals surface area contributed by atoms with Gasteiger partial charge in [-0.3, -0.25) is 4.90 Å². The Bertz CT molecular complexity index is 414. The topological polar surface area (TPSA) is 66.8 Å². The Kier molecular flexibility index (Phi) is 4.22. The molecule has 0 aromatic rings. The number of hydrogen-bond donors (Lipinski definition) is 1. The Balaban J connectivity index is 2.26. The number of carboxylic acids is 1. The van der Waals surface area contributed by atoms with Gasteiger partial charge >= 0.3 is 12.1 Å². The third-order valence-electron chi connectivity index (χ3n) is 4.46. The predicted octanol–water partition coefficient (Wildman–Crippen LogP) is 3.42. The first-order valence-corrected chi connectivity index (χ1v) is 7.91. The molecule has 21 heavy (non-hydrogen) atoms. The van der Waals surface area contributed by atoms with Crippen LogP contribution in [0.4, 0.5) is 4.79 Å². The van der Waals surface area contributed by atoms with Crippen molar-refractivity contribution in [1.82, 2.24) is 4.90 Å². The summed E-state index contributed by atoms with van der Waals surface area (Å²) >= 11 is 0. The van der Waals surface area contributed by atoms with Crippen molar-refractivity contribution in [2.45, 2.75) is 83.4 Å². The van der Waals surface area contributed by atoms with E-state index in [1.165, 1.54) is 0 Å². The number of carboxylic acid groups (broad SMARTS) is 1. The lowest BCUT2D eigenvalue weighted by atomic mass is 9.76. The number of rotatable bonds is 3. The smallest absolute Gasteiger partial charge is 0.411 e. The molecule has 2 saturated carbocycles. The van der Waals surface area contributed by atoms with Gasteiger partial charge in [-0.15, -0.1) is 0 Å². The summed E-state index contributed by atoms with van der Waals surface area (Å²) in [5.41, 5.74) is -1.68. The summed E-state index contributed by atoms with van der Waals surface area (Å²) < 4.78 is 5.48. The molecule has 0 spiro atoms. The van der Waals surface area contributed by atoms with Crippen molar-refractivity contribution in [2.75, 3.05) is 0 Å². The number of ether oxygens (including phenoxy) is 1. The highest BCUT2D eigenvalue weighted by Gasteiger charge is 2.54. The Morgan fingerprint density at radius 2 is 1.67 bits per heavy atom. The van der Waals surface area contributed by atoms with Crippen LogP contribution in [0.3, 0.4) is 0 Å². The van der Waals surface area contributed by atoms with Crippen LogP contribution in [-0.2, 0) is 9.53 Å². The zero-order valence-electron chi connectivity index (χ0n) is 13.5. The lowest BCUT2D eigenvalue weighted by Gasteiger charge is -2.44. The molecule has 1 N–H and O–H groups in total. The molecule has 0 radical (unpaired) electrons. The van der Waals surface area contributed by atoms with Gasteiger partial charge in [-0.1, -0.05) is 6.92 Å². The summed E-state index contributed by atoms with van der Waals surface area (Å²) in [6.07, 6.45) is 4.03. The van der Waals surface area contributed by atoms with Crippen molar-refractivity contribution in [3.63, 3.8) is 0 Å². The fourth-order valence-electron chi connectivity index (χ4n) is 3.11. The van der Waals surface area contributed by atoms with Gasteiger partial charge in [-0.2, -0.15) is 0 Å². The van der Waals surface area contributed by atoms with Gasteiger partial charge in [0.1, 0.15) is 11.1 Å². The summed E-state index contributed by atoms with van der Waals surface area (Å²) in [6.45, 7) is 7.58. The highest BCUT2D eigenvalue weighted by molar-refractivity contribution is 5.85. The van der Waals surface area contributed by atoms with Gasteiger partial charge in [-0.25, -0.2) is 9.59 Å². The van der Waals surface area contributed by atoms with Gasteiger partial charge in [0.15, 0.2) is 0 Å². The van der Waals surface area contributed by atoms with Crippen LogP contribution in [0.1, 0.15) is 66.2 Å². The predicted molar refractivity (Wildman–Crippen MR) is 79.1 cm³/mol. The fourth-order valence-corrected chi connectivity index (χ4v) is 3.11. The fraction of sp³-hybridized carbons (Fsp3) is 0.875. The molecule has 0 atom stereocenters. The normalized spacial score (nSPS) is 29.8. The van der Waals surface area contributed by atoms with Crippen molar-refractivity contribution in [3.8, 4) is 0 Å². The van der Waals surface area contributed by atoms with E-state index in [1.54, 1.807) is 4.90 Å². The maximum absolute atomic E-state index is 12.6. The van der Waals surface area contributed by atoms with Gasteiger partial charge in [0.25, 0.3) is 0 Å². The number of aliphatic carboxylic acids is 1. The van der Waals surface area contributed by atoms with Crippen LogP contribution in [0.15, 0.2) is 0 Å². The minimum atomic E-state index is -1.07. The molecular formula is C16H27NO4. The number of hydrogen-bond acceptors (Lipinski definition) is 3. The molecule has 0 aromatic heterocycles. The Labute approximate surface area is 126 Å². The van der Waals surface area contributed by atoms with Crippen LogP contribution in [0.5, 0.6) is 0 Å². The van der Waals surface area contributed by atoms with Crippen molar-refractivity contribution in [2.24, 2.45) is 5.92 Å². The average molecular weight is 297 g/mol. The summed E-state index contributed by atoms with van der Waals surface area (Å²) in [7, 11) is 0. The first-order chi connectivity index (χ1) is 9.66. The van der Waals surface area contributed by atoms with Gasteiger partial charge < -0.3 is 9.84 Å². The Morgan fingerprint density at radius 3 is 2.05 bits per heavy atom. The molecule has 2 aliphatic carbocycles. The maximum Gasteiger partial charge on any atom is 0.411 e. The molecule has 5 nitrogen and oxygen atoms in total. The second-order valence-electron chi connectivity index (χ2n) is 7.60. The summed E-state index contributed by atoms with van der Waals surface area (Å²) in [5, 5.41) is 9.82. The SMILES string of the molecule is CC1CCC(C(=O)O)(N(C(=O)OC(C)(C)C)C2CC2)CC1. The van der Waals surface area contributed by atoms with Crippen molar-refractivity contribution < 1.29 is 19.4 Å². The van der Waals surface area contributed by atoms with E-state index in [0.717, 1.165) is 25.7 Å². The molecule has 0 aromatic carbocycles. The average Bonchev–Trinajstić information content (AvgIpc) is 3.14. The van der Waals surface area contributed by atoms with Crippen LogP contribution in [0.25, 0.3) is 0 Å². The van der Waals surface area contributed by atoms with E-state index in [-0.39, 0.29) is 6.04 Å². The van der Waals surface area contributed by atoms with Crippen LogP contribution in [0, 0.1) is 5.92 Å². The molecule has 2 fully saturated rings. The minimum absolute atomic E-state index is 0.0318. The zero-order valence-corrected chi connectivity index (χ0v) is 13.5. The lowest BCUT2D eigenvalue weighted by molar-refractivity contribution is -0.155. The first kappa shape index (κ1) is 16.1. The monoisotopic (exact) mass is 297 g/mol. The highest BCUT2D eigenvalue weighted by atomic mass is 16.6. The molecule has 2 aliphatic rings. The molecule has 0 saturated heterocycles. The largest absolute Gasteiger partial charge is 0.479 e. The first-order valence-electron chi connectivity index (χ1n) is 7.91. The van der Waals surface area contributed by atoms with E-state index >= 15 is 0 Å². The van der Waals surface area contributed by atoms with Gasteiger partial charge in [-0.05, 0) is 65.2 Å². The summed E-state index contributed by atoms with van der Waals surface area (Å²) in [5.74, 6) is -0.357. The molecular weight excluding hydrogens is 270 g/mol. The molecule has 2 rings (SSSR count). The summed E-state index contributed by atoms with van der Waals surface area (Å²) in [4.78, 5) is 26.1. The number of carbonyl (C=O) groups excluding carboxylic acids is 1. The number of carbonyl (C=O) groups is 2. The summed E-state index contributed by atoms with van der Waals surface area (Å²) in [6, 6.07) is 0.0318. The van der Waals surface area contributed by atoms with Crippen LogP contribution in [0.2, 0.25) is 0 Å². The van der Waals surface area contributed by atoms with Crippen LogP contribution < -0.4 is 0 Å². The maximum atomic E-state index is 12.6. The second kappa shape index (κ2) is 5.50. The van der Waals surface area contributed by atoms with Crippen molar-refractivity contribution in [3.05, 3.63) is 0 Å². The molecule has 0 unspecified atom stereocenters. The molecule has 5 heteroatoms. The number of nitrogens with zero attached hydrogens (tertiary/aromatic N) is 1. The van der Waals surface area contributed by atoms with E-state index in [2.05, 4.69) is 6.92 Å².